The molecule has 0 saturated carbocycles. The van der Waals surface area contributed by atoms with Crippen molar-refractivity contribution in [1.82, 2.24) is 4.68 Å². The molecule has 0 radical (unpaired) electrons. The van der Waals surface area contributed by atoms with Crippen LogP contribution in [0.2, 0.25) is 0 Å². The molecule has 0 amide bonds. The maximum atomic E-state index is 12.8. The van der Waals surface area contributed by atoms with Crippen LogP contribution in [0.3, 0.4) is 0 Å². The summed E-state index contributed by atoms with van der Waals surface area (Å²) in [5.74, 6) is 0. The van der Waals surface area contributed by atoms with Crippen LogP contribution in [0.4, 0.5) is 13.2 Å². The number of thiophene rings is 1. The Morgan fingerprint density at radius 1 is 0.900 bits per heavy atom. The van der Waals surface area contributed by atoms with E-state index in [0.717, 1.165) is 28.3 Å². The van der Waals surface area contributed by atoms with Gasteiger partial charge in [-0.2, -0.15) is 18.3 Å². The highest BCUT2D eigenvalue weighted by Gasteiger charge is 2.29. The van der Waals surface area contributed by atoms with Gasteiger partial charge in [-0.15, -0.1) is 22.7 Å². The lowest BCUT2D eigenvalue weighted by Crippen LogP contribution is -2.12. The zero-order valence-corrected chi connectivity index (χ0v) is 17.2. The smallest absolute Gasteiger partial charge is 0.253 e. The standard InChI is InChI=1S/C22H16F3N3S2/c23-22(24,25)18-10-8-17(9-11-18)14-27-28-19(20-7-4-12-29-20)15-30-21(28)26-13-16-5-2-1-3-6-16/h1-12,14-15H,13H2/b26-21?,27-14-. The van der Waals surface area contributed by atoms with Crippen molar-refractivity contribution in [2.45, 2.75) is 12.7 Å². The maximum absolute atomic E-state index is 12.8. The molecule has 30 heavy (non-hydrogen) atoms. The first-order valence-electron chi connectivity index (χ1n) is 9.01. The number of thiazole rings is 1. The minimum absolute atomic E-state index is 0.515. The summed E-state index contributed by atoms with van der Waals surface area (Å²) in [5, 5.41) is 8.50. The van der Waals surface area contributed by atoms with Gasteiger partial charge in [0, 0.05) is 5.38 Å². The van der Waals surface area contributed by atoms with Crippen molar-refractivity contribution in [2.75, 3.05) is 0 Å². The normalized spacial score (nSPS) is 12.7. The molecule has 0 atom stereocenters. The Kier molecular flexibility index (Phi) is 5.96. The predicted molar refractivity (Wildman–Crippen MR) is 116 cm³/mol. The summed E-state index contributed by atoms with van der Waals surface area (Å²) < 4.78 is 40.0. The number of nitrogens with zero attached hydrogens (tertiary/aromatic N) is 3. The third-order valence-corrected chi connectivity index (χ3v) is 6.01. The van der Waals surface area contributed by atoms with E-state index in [4.69, 9.17) is 0 Å². The van der Waals surface area contributed by atoms with E-state index < -0.39 is 11.7 Å². The number of hydrogen-bond acceptors (Lipinski definition) is 4. The second kappa shape index (κ2) is 8.81. The Morgan fingerprint density at radius 3 is 2.33 bits per heavy atom. The number of halogens is 3. The average molecular weight is 444 g/mol. The SMILES string of the molecule is FC(F)(F)c1ccc(/C=N\n2c(-c3cccs3)csc2=NCc2ccccc2)cc1. The van der Waals surface area contributed by atoms with E-state index in [1.807, 2.05) is 53.2 Å². The molecular weight excluding hydrogens is 427 g/mol. The molecule has 2 heterocycles. The van der Waals surface area contributed by atoms with E-state index in [2.05, 4.69) is 10.1 Å². The third-order valence-electron chi connectivity index (χ3n) is 4.26. The van der Waals surface area contributed by atoms with Gasteiger partial charge in [0.25, 0.3) is 0 Å². The van der Waals surface area contributed by atoms with Crippen LogP contribution in [0.25, 0.3) is 10.6 Å². The Labute approximate surface area is 179 Å². The van der Waals surface area contributed by atoms with Gasteiger partial charge < -0.3 is 0 Å². The first-order valence-corrected chi connectivity index (χ1v) is 10.8. The van der Waals surface area contributed by atoms with E-state index in [1.165, 1.54) is 23.5 Å². The molecule has 3 nitrogen and oxygen atoms in total. The number of rotatable bonds is 5. The number of hydrogen-bond donors (Lipinski definition) is 0. The third kappa shape index (κ3) is 4.77. The first-order chi connectivity index (χ1) is 14.5. The molecule has 2 aromatic heterocycles. The summed E-state index contributed by atoms with van der Waals surface area (Å²) in [6.45, 7) is 0.515. The lowest BCUT2D eigenvalue weighted by Gasteiger charge is -2.06. The van der Waals surface area contributed by atoms with Crippen molar-refractivity contribution in [3.05, 3.63) is 99.0 Å². The van der Waals surface area contributed by atoms with Crippen molar-refractivity contribution < 1.29 is 13.2 Å². The fourth-order valence-corrected chi connectivity index (χ4v) is 4.37. The molecule has 0 aliphatic rings. The highest BCUT2D eigenvalue weighted by Crippen LogP contribution is 2.29. The van der Waals surface area contributed by atoms with Gasteiger partial charge in [-0.25, -0.2) is 4.68 Å². The molecule has 8 heteroatoms. The molecule has 4 aromatic rings. The fraction of sp³-hybridized carbons (Fsp3) is 0.0909. The van der Waals surface area contributed by atoms with Crippen molar-refractivity contribution in [3.63, 3.8) is 0 Å². The van der Waals surface area contributed by atoms with Gasteiger partial charge in [0.1, 0.15) is 0 Å². The number of aromatic nitrogens is 1. The summed E-state index contributed by atoms with van der Waals surface area (Å²) >= 11 is 3.06. The molecule has 4 rings (SSSR count). The summed E-state index contributed by atoms with van der Waals surface area (Å²) in [6.07, 6.45) is -2.81. The van der Waals surface area contributed by atoms with Crippen molar-refractivity contribution in [2.24, 2.45) is 10.1 Å². The van der Waals surface area contributed by atoms with E-state index in [9.17, 15) is 13.2 Å². The van der Waals surface area contributed by atoms with Crippen LogP contribution in [0.5, 0.6) is 0 Å². The van der Waals surface area contributed by atoms with Crippen molar-refractivity contribution in [1.29, 1.82) is 0 Å². The Balaban J connectivity index is 1.68. The van der Waals surface area contributed by atoms with E-state index >= 15 is 0 Å². The molecule has 152 valence electrons. The topological polar surface area (TPSA) is 29.6 Å². The lowest BCUT2D eigenvalue weighted by atomic mass is 10.1. The molecular formula is C22H16F3N3S2. The quantitative estimate of drug-likeness (QED) is 0.325. The van der Waals surface area contributed by atoms with Crippen LogP contribution < -0.4 is 4.80 Å². The van der Waals surface area contributed by atoms with Crippen LogP contribution in [0.1, 0.15) is 16.7 Å². The Bertz CT molecular complexity index is 1190. The molecule has 0 bridgehead atoms. The van der Waals surface area contributed by atoms with Gasteiger partial charge in [0.2, 0.25) is 4.80 Å². The number of benzene rings is 2. The van der Waals surface area contributed by atoms with Gasteiger partial charge in [-0.1, -0.05) is 48.5 Å². The van der Waals surface area contributed by atoms with Gasteiger partial charge >= 0.3 is 6.18 Å². The highest BCUT2D eigenvalue weighted by atomic mass is 32.1. The van der Waals surface area contributed by atoms with Gasteiger partial charge in [0.05, 0.1) is 28.9 Å². The fourth-order valence-electron chi connectivity index (χ4n) is 2.74. The van der Waals surface area contributed by atoms with Crippen LogP contribution in [-0.4, -0.2) is 10.9 Å². The monoisotopic (exact) mass is 443 g/mol. The summed E-state index contributed by atoms with van der Waals surface area (Å²) in [5.41, 5.74) is 1.88. The molecule has 0 saturated heterocycles. The van der Waals surface area contributed by atoms with E-state index in [1.54, 1.807) is 22.2 Å². The first kappa shape index (κ1) is 20.3. The van der Waals surface area contributed by atoms with Crippen molar-refractivity contribution in [3.8, 4) is 10.6 Å². The minimum atomic E-state index is -4.35. The molecule has 0 aliphatic heterocycles. The zero-order chi connectivity index (χ0) is 21.0. The van der Waals surface area contributed by atoms with E-state index in [-0.39, 0.29) is 0 Å². The largest absolute Gasteiger partial charge is 0.416 e. The molecule has 0 fully saturated rings. The minimum Gasteiger partial charge on any atom is -0.253 e. The summed E-state index contributed by atoms with van der Waals surface area (Å²) in [6, 6.07) is 18.8. The van der Waals surface area contributed by atoms with Gasteiger partial charge in [-0.05, 0) is 34.7 Å². The molecule has 0 spiro atoms. The van der Waals surface area contributed by atoms with E-state index in [0.29, 0.717) is 16.9 Å². The zero-order valence-electron chi connectivity index (χ0n) is 15.6. The van der Waals surface area contributed by atoms with Crippen LogP contribution >= 0.6 is 22.7 Å². The summed E-state index contributed by atoms with van der Waals surface area (Å²) in [4.78, 5) is 6.44. The second-order valence-electron chi connectivity index (χ2n) is 6.36. The summed E-state index contributed by atoms with van der Waals surface area (Å²) in [7, 11) is 0. The van der Waals surface area contributed by atoms with Gasteiger partial charge in [0.15, 0.2) is 0 Å². The molecule has 0 aliphatic carbocycles. The van der Waals surface area contributed by atoms with Crippen LogP contribution in [0, 0.1) is 0 Å². The van der Waals surface area contributed by atoms with Gasteiger partial charge in [-0.3, -0.25) is 4.99 Å². The lowest BCUT2D eigenvalue weighted by molar-refractivity contribution is -0.137. The number of alkyl halides is 3. The van der Waals surface area contributed by atoms with Crippen molar-refractivity contribution >= 4 is 28.9 Å². The highest BCUT2D eigenvalue weighted by molar-refractivity contribution is 7.14. The average Bonchev–Trinajstić information content (AvgIpc) is 3.41. The Morgan fingerprint density at radius 2 is 1.67 bits per heavy atom. The maximum Gasteiger partial charge on any atom is 0.416 e. The second-order valence-corrected chi connectivity index (χ2v) is 8.14. The van der Waals surface area contributed by atoms with Crippen LogP contribution in [-0.2, 0) is 12.7 Å². The molecule has 0 unspecified atom stereocenters. The predicted octanol–water partition coefficient (Wildman–Crippen LogP) is 6.28. The van der Waals surface area contributed by atoms with Crippen LogP contribution in [0.15, 0.2) is 87.6 Å². The molecule has 0 N–H and O–H groups in total. The molecule has 2 aromatic carbocycles. The Hall–Kier alpha value is -2.97.